The van der Waals surface area contributed by atoms with Crippen LogP contribution in [0.4, 0.5) is 0 Å². The summed E-state index contributed by atoms with van der Waals surface area (Å²) in [7, 11) is 0. The summed E-state index contributed by atoms with van der Waals surface area (Å²) >= 11 is 0. The molecule has 0 aromatic heterocycles. The molecular weight excluding hydrogens is 256 g/mol. The molecule has 2 N–H and O–H groups in total. The monoisotopic (exact) mass is 282 g/mol. The average Bonchev–Trinajstić information content (AvgIpc) is 2.84. The molecule has 0 spiro atoms. The second kappa shape index (κ2) is 6.57. The molecule has 0 bridgehead atoms. The lowest BCUT2D eigenvalue weighted by molar-refractivity contribution is -0.149. The van der Waals surface area contributed by atoms with Gasteiger partial charge in [0, 0.05) is 12.1 Å². The lowest BCUT2D eigenvalue weighted by Crippen LogP contribution is -2.50. The highest BCUT2D eigenvalue weighted by Crippen LogP contribution is 2.39. The fourth-order valence-electron chi connectivity index (χ4n) is 3.54. The molecule has 114 valence electrons. The Morgan fingerprint density at radius 3 is 2.70 bits per heavy atom. The summed E-state index contributed by atoms with van der Waals surface area (Å²) in [4.78, 5) is 25.5. The zero-order valence-corrected chi connectivity index (χ0v) is 12.5. The van der Waals surface area contributed by atoms with Gasteiger partial charge in [-0.1, -0.05) is 19.8 Å². The van der Waals surface area contributed by atoms with E-state index in [1.54, 1.807) is 4.90 Å². The number of rotatable bonds is 5. The summed E-state index contributed by atoms with van der Waals surface area (Å²) in [6.45, 7) is 4.35. The van der Waals surface area contributed by atoms with Gasteiger partial charge in [-0.3, -0.25) is 4.79 Å². The van der Waals surface area contributed by atoms with Crippen molar-refractivity contribution in [2.45, 2.75) is 70.5 Å². The van der Waals surface area contributed by atoms with Gasteiger partial charge in [0.1, 0.15) is 6.04 Å². The molecule has 0 aromatic rings. The topological polar surface area (TPSA) is 69.6 Å². The first-order valence-electron chi connectivity index (χ1n) is 7.82. The number of aliphatic carboxylic acids is 1. The van der Waals surface area contributed by atoms with Crippen LogP contribution in [0.3, 0.4) is 0 Å². The molecule has 2 rings (SSSR count). The van der Waals surface area contributed by atoms with Gasteiger partial charge in [-0.25, -0.2) is 4.79 Å². The standard InChI is InChI=1S/C15H26N2O3/c1-3-10(2)16-9-14(18)17-12-7-5-4-6-11(12)8-13(17)15(19)20/h10-13,16H,3-9H2,1-2H3,(H,19,20). The summed E-state index contributed by atoms with van der Waals surface area (Å²) in [5.74, 6) is -0.513. The van der Waals surface area contributed by atoms with Crippen LogP contribution in [0.5, 0.6) is 0 Å². The van der Waals surface area contributed by atoms with E-state index in [2.05, 4.69) is 12.2 Å². The molecule has 5 nitrogen and oxygen atoms in total. The molecule has 2 fully saturated rings. The smallest absolute Gasteiger partial charge is 0.326 e. The van der Waals surface area contributed by atoms with E-state index in [1.165, 1.54) is 6.42 Å². The molecular formula is C15H26N2O3. The van der Waals surface area contributed by atoms with E-state index in [0.717, 1.165) is 25.7 Å². The zero-order chi connectivity index (χ0) is 14.7. The van der Waals surface area contributed by atoms with Crippen molar-refractivity contribution in [2.75, 3.05) is 6.54 Å². The first kappa shape index (κ1) is 15.3. The summed E-state index contributed by atoms with van der Waals surface area (Å²) in [5.41, 5.74) is 0. The Kier molecular flexibility index (Phi) is 5.02. The van der Waals surface area contributed by atoms with Crippen molar-refractivity contribution in [2.24, 2.45) is 5.92 Å². The molecule has 2 aliphatic rings. The predicted octanol–water partition coefficient (Wildman–Crippen LogP) is 1.62. The molecule has 4 atom stereocenters. The van der Waals surface area contributed by atoms with E-state index in [9.17, 15) is 14.7 Å². The highest BCUT2D eigenvalue weighted by atomic mass is 16.4. The fraction of sp³-hybridized carbons (Fsp3) is 0.867. The van der Waals surface area contributed by atoms with Crippen LogP contribution in [0.2, 0.25) is 0 Å². The van der Waals surface area contributed by atoms with Gasteiger partial charge in [0.15, 0.2) is 0 Å². The Morgan fingerprint density at radius 1 is 1.35 bits per heavy atom. The molecule has 0 radical (unpaired) electrons. The van der Waals surface area contributed by atoms with Crippen LogP contribution >= 0.6 is 0 Å². The molecule has 20 heavy (non-hydrogen) atoms. The molecule has 1 heterocycles. The van der Waals surface area contributed by atoms with Gasteiger partial charge in [0.2, 0.25) is 5.91 Å². The zero-order valence-electron chi connectivity index (χ0n) is 12.5. The Hall–Kier alpha value is -1.10. The third-order valence-corrected chi connectivity index (χ3v) is 4.88. The second-order valence-electron chi connectivity index (χ2n) is 6.19. The van der Waals surface area contributed by atoms with E-state index >= 15 is 0 Å². The number of carboxylic acid groups (broad SMARTS) is 1. The second-order valence-corrected chi connectivity index (χ2v) is 6.19. The normalized spacial score (nSPS) is 30.9. The molecule has 1 saturated carbocycles. The van der Waals surface area contributed by atoms with E-state index in [1.807, 2.05) is 6.92 Å². The largest absolute Gasteiger partial charge is 0.480 e. The summed E-state index contributed by atoms with van der Waals surface area (Å²) in [6, 6.07) is -0.183. The maximum absolute atomic E-state index is 12.4. The number of amides is 1. The lowest BCUT2D eigenvalue weighted by Gasteiger charge is -2.33. The minimum absolute atomic E-state index is 0.0490. The number of hydrogen-bond acceptors (Lipinski definition) is 3. The van der Waals surface area contributed by atoms with Gasteiger partial charge >= 0.3 is 5.97 Å². The number of likely N-dealkylation sites (tertiary alicyclic amines) is 1. The minimum Gasteiger partial charge on any atom is -0.480 e. The molecule has 5 heteroatoms. The summed E-state index contributed by atoms with van der Waals surface area (Å²) < 4.78 is 0. The van der Waals surface area contributed by atoms with E-state index < -0.39 is 12.0 Å². The summed E-state index contributed by atoms with van der Waals surface area (Å²) in [6.07, 6.45) is 5.90. The third-order valence-electron chi connectivity index (χ3n) is 4.88. The van der Waals surface area contributed by atoms with Crippen LogP contribution in [0, 0.1) is 5.92 Å². The van der Waals surface area contributed by atoms with Gasteiger partial charge in [-0.15, -0.1) is 0 Å². The number of hydrogen-bond donors (Lipinski definition) is 2. The molecule has 1 aliphatic heterocycles. The molecule has 0 aromatic carbocycles. The number of carboxylic acids is 1. The van der Waals surface area contributed by atoms with Crippen LogP contribution in [0.25, 0.3) is 0 Å². The molecule has 1 aliphatic carbocycles. The van der Waals surface area contributed by atoms with Gasteiger partial charge in [-0.2, -0.15) is 0 Å². The van der Waals surface area contributed by atoms with Gasteiger partial charge in [0.05, 0.1) is 6.54 Å². The SMILES string of the molecule is CCC(C)NCC(=O)N1C(C(=O)O)CC2CCCCC21. The van der Waals surface area contributed by atoms with Crippen molar-refractivity contribution in [3.05, 3.63) is 0 Å². The van der Waals surface area contributed by atoms with Crippen molar-refractivity contribution in [3.63, 3.8) is 0 Å². The van der Waals surface area contributed by atoms with Crippen molar-refractivity contribution in [1.82, 2.24) is 10.2 Å². The van der Waals surface area contributed by atoms with Crippen LogP contribution < -0.4 is 5.32 Å². The maximum atomic E-state index is 12.4. The number of nitrogens with one attached hydrogen (secondary N) is 1. The number of nitrogens with zero attached hydrogens (tertiary/aromatic N) is 1. The van der Waals surface area contributed by atoms with E-state index in [-0.39, 0.29) is 24.5 Å². The van der Waals surface area contributed by atoms with Gasteiger partial charge in [-0.05, 0) is 38.5 Å². The summed E-state index contributed by atoms with van der Waals surface area (Å²) in [5, 5.41) is 12.6. The van der Waals surface area contributed by atoms with Gasteiger partial charge < -0.3 is 15.3 Å². The van der Waals surface area contributed by atoms with Gasteiger partial charge in [0.25, 0.3) is 0 Å². The Morgan fingerprint density at radius 2 is 2.05 bits per heavy atom. The predicted molar refractivity (Wildman–Crippen MR) is 76.4 cm³/mol. The van der Waals surface area contributed by atoms with Crippen LogP contribution in [-0.4, -0.2) is 46.6 Å². The van der Waals surface area contributed by atoms with Crippen LogP contribution in [0.15, 0.2) is 0 Å². The minimum atomic E-state index is -0.851. The number of carbonyl (C=O) groups excluding carboxylic acids is 1. The fourth-order valence-corrected chi connectivity index (χ4v) is 3.54. The van der Waals surface area contributed by atoms with Crippen molar-refractivity contribution in [3.8, 4) is 0 Å². The number of carbonyl (C=O) groups is 2. The molecule has 4 unspecified atom stereocenters. The Bertz CT molecular complexity index is 372. The van der Waals surface area contributed by atoms with Crippen molar-refractivity contribution < 1.29 is 14.7 Å². The van der Waals surface area contributed by atoms with E-state index in [0.29, 0.717) is 12.3 Å². The first-order chi connectivity index (χ1) is 9.54. The van der Waals surface area contributed by atoms with Crippen LogP contribution in [0.1, 0.15) is 52.4 Å². The maximum Gasteiger partial charge on any atom is 0.326 e. The number of fused-ring (bicyclic) bond motifs is 1. The lowest BCUT2D eigenvalue weighted by atomic mass is 9.85. The van der Waals surface area contributed by atoms with Crippen LogP contribution in [-0.2, 0) is 9.59 Å². The quantitative estimate of drug-likeness (QED) is 0.804. The highest BCUT2D eigenvalue weighted by molar-refractivity contribution is 5.86. The third kappa shape index (κ3) is 3.14. The first-order valence-corrected chi connectivity index (χ1v) is 7.82. The van der Waals surface area contributed by atoms with Crippen molar-refractivity contribution >= 4 is 11.9 Å². The highest BCUT2D eigenvalue weighted by Gasteiger charge is 2.47. The molecule has 1 saturated heterocycles. The van der Waals surface area contributed by atoms with E-state index in [4.69, 9.17) is 0 Å². The Labute approximate surface area is 120 Å². The average molecular weight is 282 g/mol. The molecule has 1 amide bonds. The van der Waals surface area contributed by atoms with Crippen molar-refractivity contribution in [1.29, 1.82) is 0 Å². The Balaban J connectivity index is 2.04.